The second-order valence-corrected chi connectivity index (χ2v) is 14.2. The molecule has 2 fully saturated rings. The van der Waals surface area contributed by atoms with Crippen LogP contribution in [0.25, 0.3) is 0 Å². The van der Waals surface area contributed by atoms with Crippen molar-refractivity contribution in [2.75, 3.05) is 46.4 Å². The summed E-state index contributed by atoms with van der Waals surface area (Å²) in [6.07, 6.45) is 10.7. The molecule has 0 bridgehead atoms. The van der Waals surface area contributed by atoms with Crippen LogP contribution in [0.3, 0.4) is 0 Å². The number of hydrogen-bond donors (Lipinski definition) is 4. The van der Waals surface area contributed by atoms with Gasteiger partial charge in [0.15, 0.2) is 0 Å². The van der Waals surface area contributed by atoms with Crippen molar-refractivity contribution in [1.29, 1.82) is 0 Å². The van der Waals surface area contributed by atoms with Crippen molar-refractivity contribution in [2.24, 2.45) is 17.8 Å². The van der Waals surface area contributed by atoms with Crippen LogP contribution in [0.5, 0.6) is 0 Å². The fourth-order valence-corrected chi connectivity index (χ4v) is 6.79. The highest BCUT2D eigenvalue weighted by atomic mass is 16.5. The second kappa shape index (κ2) is 21.2. The minimum absolute atomic E-state index is 0.00572. The van der Waals surface area contributed by atoms with Crippen molar-refractivity contribution in [3.05, 3.63) is 35.9 Å². The molecular weight excluding hydrogens is 608 g/mol. The van der Waals surface area contributed by atoms with E-state index in [-0.39, 0.29) is 31.1 Å². The summed E-state index contributed by atoms with van der Waals surface area (Å²) in [7, 11) is 1.76. The number of likely N-dealkylation sites (N-methyl/N-ethyl adjacent to an activating group) is 1. The van der Waals surface area contributed by atoms with Crippen molar-refractivity contribution >= 4 is 17.7 Å². The third-order valence-electron chi connectivity index (χ3n) is 9.77. The van der Waals surface area contributed by atoms with Crippen LogP contribution in [0.4, 0.5) is 0 Å². The molecule has 3 rings (SSSR count). The summed E-state index contributed by atoms with van der Waals surface area (Å²) in [5.74, 6) is 1.40. The number of terminal acetylenes is 1. The van der Waals surface area contributed by atoms with Gasteiger partial charge in [-0.1, -0.05) is 76.3 Å². The van der Waals surface area contributed by atoms with E-state index in [2.05, 4.69) is 21.5 Å². The number of morpholine rings is 1. The number of nitrogens with zero attached hydrogens (tertiary/aromatic N) is 2. The van der Waals surface area contributed by atoms with Gasteiger partial charge in [0, 0.05) is 46.1 Å². The number of aliphatic hydroxyl groups excluding tert-OH is 2. The molecule has 2 aliphatic rings. The Hall–Kier alpha value is -2.97. The lowest BCUT2D eigenvalue weighted by Crippen LogP contribution is -2.56. The summed E-state index contributed by atoms with van der Waals surface area (Å²) in [6.45, 7) is 8.26. The fraction of sp³-hybridized carbons (Fsp3) is 0.711. The number of ether oxygens (including phenoxy) is 1. The van der Waals surface area contributed by atoms with E-state index in [1.54, 1.807) is 11.9 Å². The monoisotopic (exact) mass is 668 g/mol. The molecule has 0 radical (unpaired) electrons. The van der Waals surface area contributed by atoms with Crippen LogP contribution < -0.4 is 10.6 Å². The normalized spacial score (nSPS) is 19.0. The maximum Gasteiger partial charge on any atom is 0.242 e. The topological polar surface area (TPSA) is 131 Å². The number of carbonyl (C=O) groups excluding carboxylic acids is 3. The number of carbonyl (C=O) groups is 3. The first-order valence-electron chi connectivity index (χ1n) is 18.1. The van der Waals surface area contributed by atoms with Gasteiger partial charge in [-0.3, -0.25) is 19.3 Å². The van der Waals surface area contributed by atoms with Gasteiger partial charge in [0.1, 0.15) is 12.1 Å². The Morgan fingerprint density at radius 3 is 2.38 bits per heavy atom. The standard InChI is InChI=1S/C38H60N4O6/c1-5-6-17-32(38(47)40-33(26-30-15-11-8-12-16-30)36(45)34(43)24-28(2)3)39-37(46)31(25-29-13-9-7-10-14-29)27-35(44)41(4)18-19-42-20-22-48-23-21-42/h1,7,9-10,13-14,28,30-34,36,43,45H,6,8,11-12,15-27H2,2-4H3,(H,39,46)(H,40,47)/t31?,32-,33?,34-,36+/m0/s1. The fourth-order valence-electron chi connectivity index (χ4n) is 6.79. The average Bonchev–Trinajstić information content (AvgIpc) is 3.08. The molecule has 1 heterocycles. The summed E-state index contributed by atoms with van der Waals surface area (Å²) in [5.41, 5.74) is 0.917. The zero-order chi connectivity index (χ0) is 34.9. The lowest BCUT2D eigenvalue weighted by Gasteiger charge is -2.34. The zero-order valence-electron chi connectivity index (χ0n) is 29.4. The van der Waals surface area contributed by atoms with Crippen LogP contribution in [0.15, 0.2) is 30.3 Å². The summed E-state index contributed by atoms with van der Waals surface area (Å²) in [5, 5.41) is 28.0. The van der Waals surface area contributed by atoms with Gasteiger partial charge in [-0.05, 0) is 43.1 Å². The Morgan fingerprint density at radius 1 is 1.04 bits per heavy atom. The minimum atomic E-state index is -1.14. The third kappa shape index (κ3) is 13.9. The molecular formula is C38H60N4O6. The molecule has 1 saturated carbocycles. The molecule has 1 aliphatic carbocycles. The SMILES string of the molecule is C#CCC[C@H](NC(=O)C(CC(=O)N(C)CCN1CCOCC1)Cc1ccccc1)C(=O)NC(CC1CCCCC1)[C@@H](O)[C@@H](O)CC(C)C. The van der Waals surface area contributed by atoms with E-state index in [1.165, 1.54) is 6.42 Å². The largest absolute Gasteiger partial charge is 0.390 e. The predicted octanol–water partition coefficient (Wildman–Crippen LogP) is 3.15. The van der Waals surface area contributed by atoms with E-state index in [4.69, 9.17) is 11.2 Å². The van der Waals surface area contributed by atoms with E-state index in [9.17, 15) is 24.6 Å². The molecule has 1 aromatic carbocycles. The summed E-state index contributed by atoms with van der Waals surface area (Å²) in [6, 6.07) is 7.93. The van der Waals surface area contributed by atoms with Gasteiger partial charge in [0.2, 0.25) is 17.7 Å². The van der Waals surface area contributed by atoms with Crippen LogP contribution in [0.1, 0.15) is 83.6 Å². The first kappa shape index (κ1) is 39.5. The maximum atomic E-state index is 13.9. The Balaban J connectivity index is 1.73. The molecule has 1 aliphatic heterocycles. The minimum Gasteiger partial charge on any atom is -0.390 e. The van der Waals surface area contributed by atoms with Gasteiger partial charge in [0.25, 0.3) is 0 Å². The summed E-state index contributed by atoms with van der Waals surface area (Å²) >= 11 is 0. The van der Waals surface area contributed by atoms with Gasteiger partial charge in [0.05, 0.1) is 31.3 Å². The predicted molar refractivity (Wildman–Crippen MR) is 188 cm³/mol. The van der Waals surface area contributed by atoms with Gasteiger partial charge in [-0.25, -0.2) is 0 Å². The molecule has 1 saturated heterocycles. The van der Waals surface area contributed by atoms with E-state index in [0.717, 1.165) is 50.9 Å². The Bertz CT molecular complexity index is 1150. The van der Waals surface area contributed by atoms with E-state index in [0.29, 0.717) is 44.9 Å². The quantitative estimate of drug-likeness (QED) is 0.167. The maximum absolute atomic E-state index is 13.9. The molecule has 5 atom stereocenters. The number of benzene rings is 1. The lowest BCUT2D eigenvalue weighted by molar-refractivity contribution is -0.137. The van der Waals surface area contributed by atoms with Crippen molar-refractivity contribution in [3.8, 4) is 12.3 Å². The molecule has 10 nitrogen and oxygen atoms in total. The highest BCUT2D eigenvalue weighted by Crippen LogP contribution is 2.29. The number of nitrogens with one attached hydrogen (secondary N) is 2. The Kier molecular flexibility index (Phi) is 17.4. The molecule has 48 heavy (non-hydrogen) atoms. The Morgan fingerprint density at radius 2 is 1.73 bits per heavy atom. The summed E-state index contributed by atoms with van der Waals surface area (Å²) in [4.78, 5) is 45.1. The molecule has 10 heteroatoms. The average molecular weight is 669 g/mol. The molecule has 2 unspecified atom stereocenters. The van der Waals surface area contributed by atoms with Crippen molar-refractivity contribution in [2.45, 2.75) is 109 Å². The van der Waals surface area contributed by atoms with Crippen LogP contribution in [-0.4, -0.2) is 108 Å². The van der Waals surface area contributed by atoms with Gasteiger partial charge in [-0.2, -0.15) is 0 Å². The van der Waals surface area contributed by atoms with E-state index in [1.807, 2.05) is 44.2 Å². The van der Waals surface area contributed by atoms with Gasteiger partial charge in [-0.15, -0.1) is 12.3 Å². The summed E-state index contributed by atoms with van der Waals surface area (Å²) < 4.78 is 5.42. The first-order valence-corrected chi connectivity index (χ1v) is 18.1. The van der Waals surface area contributed by atoms with Crippen molar-refractivity contribution < 1.29 is 29.3 Å². The van der Waals surface area contributed by atoms with Crippen LogP contribution in [0.2, 0.25) is 0 Å². The van der Waals surface area contributed by atoms with Crippen molar-refractivity contribution in [1.82, 2.24) is 20.4 Å². The number of amides is 3. The van der Waals surface area contributed by atoms with Crippen LogP contribution in [0, 0.1) is 30.1 Å². The second-order valence-electron chi connectivity index (χ2n) is 14.2. The van der Waals surface area contributed by atoms with Gasteiger partial charge >= 0.3 is 0 Å². The molecule has 0 aromatic heterocycles. The smallest absolute Gasteiger partial charge is 0.242 e. The molecule has 4 N–H and O–H groups in total. The number of hydrogen-bond acceptors (Lipinski definition) is 7. The Labute approximate surface area is 288 Å². The van der Waals surface area contributed by atoms with E-state index < -0.39 is 42.0 Å². The third-order valence-corrected chi connectivity index (χ3v) is 9.77. The lowest BCUT2D eigenvalue weighted by atomic mass is 9.82. The zero-order valence-corrected chi connectivity index (χ0v) is 29.4. The van der Waals surface area contributed by atoms with Crippen LogP contribution >= 0.6 is 0 Å². The molecule has 3 amide bonds. The first-order chi connectivity index (χ1) is 23.1. The molecule has 268 valence electrons. The number of aliphatic hydroxyl groups is 2. The van der Waals surface area contributed by atoms with E-state index >= 15 is 0 Å². The number of rotatable bonds is 19. The van der Waals surface area contributed by atoms with Crippen LogP contribution in [-0.2, 0) is 25.5 Å². The highest BCUT2D eigenvalue weighted by molar-refractivity contribution is 5.91. The van der Waals surface area contributed by atoms with Gasteiger partial charge < -0.3 is 30.5 Å². The molecule has 1 aromatic rings. The molecule has 0 spiro atoms. The highest BCUT2D eigenvalue weighted by Gasteiger charge is 2.34. The van der Waals surface area contributed by atoms with Crippen molar-refractivity contribution in [3.63, 3.8) is 0 Å².